The molecular weight excluding hydrogens is 355 g/mol. The van der Waals surface area contributed by atoms with Crippen molar-refractivity contribution in [3.63, 3.8) is 0 Å². The SMILES string of the molecule is Oc1cc(OCc2ccc(F)cc2)ccc1-c1ncncc1-c1ccccc1. The first kappa shape index (κ1) is 17.7. The molecule has 28 heavy (non-hydrogen) atoms. The van der Waals surface area contributed by atoms with Crippen LogP contribution in [-0.2, 0) is 6.61 Å². The third-order valence-corrected chi connectivity index (χ3v) is 4.34. The van der Waals surface area contributed by atoms with E-state index in [0.717, 1.165) is 16.7 Å². The van der Waals surface area contributed by atoms with E-state index in [1.807, 2.05) is 30.3 Å². The molecule has 0 amide bonds. The van der Waals surface area contributed by atoms with Gasteiger partial charge >= 0.3 is 0 Å². The smallest absolute Gasteiger partial charge is 0.128 e. The fourth-order valence-corrected chi connectivity index (χ4v) is 2.92. The standard InChI is InChI=1S/C23H17FN2O2/c24-18-8-6-16(7-9-18)14-28-19-10-11-20(22(27)12-19)23-21(13-25-15-26-23)17-4-2-1-3-5-17/h1-13,15,27H,14H2. The summed E-state index contributed by atoms with van der Waals surface area (Å²) in [5.74, 6) is 0.290. The van der Waals surface area contributed by atoms with Crippen LogP contribution in [0.25, 0.3) is 22.4 Å². The van der Waals surface area contributed by atoms with Gasteiger partial charge in [0.05, 0.1) is 5.69 Å². The number of rotatable bonds is 5. The Balaban J connectivity index is 1.60. The average molecular weight is 372 g/mol. The third-order valence-electron chi connectivity index (χ3n) is 4.34. The fourth-order valence-electron chi connectivity index (χ4n) is 2.92. The number of phenolic OH excluding ortho intramolecular Hbond substituents is 1. The molecule has 5 heteroatoms. The molecule has 4 aromatic rings. The van der Waals surface area contributed by atoms with Crippen molar-refractivity contribution in [3.8, 4) is 33.9 Å². The lowest BCUT2D eigenvalue weighted by atomic mass is 10.0. The zero-order valence-corrected chi connectivity index (χ0v) is 14.9. The predicted molar refractivity (Wildman–Crippen MR) is 105 cm³/mol. The maximum absolute atomic E-state index is 13.0. The summed E-state index contributed by atoms with van der Waals surface area (Å²) in [5, 5.41) is 10.6. The summed E-state index contributed by atoms with van der Waals surface area (Å²) >= 11 is 0. The van der Waals surface area contributed by atoms with E-state index in [1.54, 1.807) is 36.5 Å². The van der Waals surface area contributed by atoms with Crippen LogP contribution in [0.5, 0.6) is 11.5 Å². The number of ether oxygens (including phenoxy) is 1. The van der Waals surface area contributed by atoms with Crippen LogP contribution >= 0.6 is 0 Å². The summed E-state index contributed by atoms with van der Waals surface area (Å²) in [6.07, 6.45) is 3.19. The Kier molecular flexibility index (Phi) is 4.97. The van der Waals surface area contributed by atoms with Crippen LogP contribution < -0.4 is 4.74 Å². The highest BCUT2D eigenvalue weighted by atomic mass is 19.1. The van der Waals surface area contributed by atoms with E-state index < -0.39 is 0 Å². The van der Waals surface area contributed by atoms with Crippen LogP contribution in [-0.4, -0.2) is 15.1 Å². The number of nitrogens with zero attached hydrogens (tertiary/aromatic N) is 2. The Hall–Kier alpha value is -3.73. The van der Waals surface area contributed by atoms with Crippen molar-refractivity contribution in [3.05, 3.63) is 96.7 Å². The van der Waals surface area contributed by atoms with Gasteiger partial charge in [0.1, 0.15) is 30.3 Å². The average Bonchev–Trinajstić information content (AvgIpc) is 2.74. The van der Waals surface area contributed by atoms with E-state index in [1.165, 1.54) is 18.5 Å². The summed E-state index contributed by atoms with van der Waals surface area (Å²) < 4.78 is 18.7. The van der Waals surface area contributed by atoms with Crippen LogP contribution in [0.3, 0.4) is 0 Å². The van der Waals surface area contributed by atoms with Gasteiger partial charge in [0.25, 0.3) is 0 Å². The van der Waals surface area contributed by atoms with Gasteiger partial charge in [0, 0.05) is 23.4 Å². The molecule has 0 aliphatic heterocycles. The largest absolute Gasteiger partial charge is 0.507 e. The number of halogens is 1. The van der Waals surface area contributed by atoms with Crippen molar-refractivity contribution in [2.75, 3.05) is 0 Å². The van der Waals surface area contributed by atoms with Gasteiger partial charge in [-0.1, -0.05) is 42.5 Å². The molecule has 1 aromatic heterocycles. The minimum atomic E-state index is -0.287. The van der Waals surface area contributed by atoms with Crippen LogP contribution in [0, 0.1) is 5.82 Å². The second-order valence-corrected chi connectivity index (χ2v) is 6.25. The zero-order chi connectivity index (χ0) is 19.3. The van der Waals surface area contributed by atoms with E-state index in [0.29, 0.717) is 17.0 Å². The van der Waals surface area contributed by atoms with Gasteiger partial charge in [0.15, 0.2) is 0 Å². The van der Waals surface area contributed by atoms with E-state index in [-0.39, 0.29) is 18.2 Å². The number of benzene rings is 3. The van der Waals surface area contributed by atoms with Crippen molar-refractivity contribution in [2.45, 2.75) is 6.61 Å². The van der Waals surface area contributed by atoms with Crippen molar-refractivity contribution in [1.29, 1.82) is 0 Å². The number of phenols is 1. The molecule has 0 bridgehead atoms. The number of hydrogen-bond acceptors (Lipinski definition) is 4. The van der Waals surface area contributed by atoms with Gasteiger partial charge in [-0.15, -0.1) is 0 Å². The minimum Gasteiger partial charge on any atom is -0.507 e. The molecule has 0 unspecified atom stereocenters. The number of aromatic hydroxyl groups is 1. The van der Waals surface area contributed by atoms with Gasteiger partial charge in [-0.3, -0.25) is 0 Å². The molecule has 0 saturated carbocycles. The molecule has 0 saturated heterocycles. The van der Waals surface area contributed by atoms with Crippen molar-refractivity contribution >= 4 is 0 Å². The van der Waals surface area contributed by atoms with Gasteiger partial charge in [0.2, 0.25) is 0 Å². The third kappa shape index (κ3) is 3.83. The summed E-state index contributed by atoms with van der Waals surface area (Å²) in [6.45, 7) is 0.280. The predicted octanol–water partition coefficient (Wildman–Crippen LogP) is 5.23. The zero-order valence-electron chi connectivity index (χ0n) is 14.9. The number of aromatic nitrogens is 2. The second kappa shape index (κ2) is 7.88. The van der Waals surface area contributed by atoms with Gasteiger partial charge < -0.3 is 9.84 Å². The molecule has 0 fully saturated rings. The molecule has 4 rings (SSSR count). The maximum Gasteiger partial charge on any atom is 0.128 e. The topological polar surface area (TPSA) is 55.2 Å². The summed E-state index contributed by atoms with van der Waals surface area (Å²) in [6, 6.07) is 21.0. The maximum atomic E-state index is 13.0. The van der Waals surface area contributed by atoms with E-state index in [2.05, 4.69) is 9.97 Å². The second-order valence-electron chi connectivity index (χ2n) is 6.25. The highest BCUT2D eigenvalue weighted by molar-refractivity contribution is 5.82. The lowest BCUT2D eigenvalue weighted by molar-refractivity contribution is 0.304. The quantitative estimate of drug-likeness (QED) is 0.521. The van der Waals surface area contributed by atoms with E-state index in [9.17, 15) is 9.50 Å². The van der Waals surface area contributed by atoms with E-state index in [4.69, 9.17) is 4.74 Å². The minimum absolute atomic E-state index is 0.0625. The molecule has 3 aromatic carbocycles. The molecule has 0 aliphatic rings. The highest BCUT2D eigenvalue weighted by Gasteiger charge is 2.13. The molecule has 0 radical (unpaired) electrons. The fraction of sp³-hybridized carbons (Fsp3) is 0.0435. The molecule has 1 heterocycles. The summed E-state index contributed by atoms with van der Waals surface area (Å²) in [5.41, 5.74) is 3.87. The Morgan fingerprint density at radius 3 is 2.43 bits per heavy atom. The van der Waals surface area contributed by atoms with Gasteiger partial charge in [-0.2, -0.15) is 0 Å². The Morgan fingerprint density at radius 1 is 0.893 bits per heavy atom. The lowest BCUT2D eigenvalue weighted by Gasteiger charge is -2.12. The molecule has 0 spiro atoms. The monoisotopic (exact) mass is 372 g/mol. The van der Waals surface area contributed by atoms with Crippen molar-refractivity contribution < 1.29 is 14.2 Å². The molecule has 138 valence electrons. The van der Waals surface area contributed by atoms with Crippen LogP contribution in [0.1, 0.15) is 5.56 Å². The molecule has 4 nitrogen and oxygen atoms in total. The van der Waals surface area contributed by atoms with Gasteiger partial charge in [-0.25, -0.2) is 14.4 Å². The molecule has 1 N–H and O–H groups in total. The summed E-state index contributed by atoms with van der Waals surface area (Å²) in [4.78, 5) is 8.49. The Bertz CT molecular complexity index is 1080. The Labute approximate surface area is 161 Å². The first-order chi connectivity index (χ1) is 13.7. The summed E-state index contributed by atoms with van der Waals surface area (Å²) in [7, 11) is 0. The lowest BCUT2D eigenvalue weighted by Crippen LogP contribution is -1.96. The van der Waals surface area contributed by atoms with Crippen molar-refractivity contribution in [2.24, 2.45) is 0 Å². The first-order valence-corrected chi connectivity index (χ1v) is 8.77. The molecule has 0 atom stereocenters. The normalized spacial score (nSPS) is 10.6. The Morgan fingerprint density at radius 2 is 1.68 bits per heavy atom. The first-order valence-electron chi connectivity index (χ1n) is 8.77. The van der Waals surface area contributed by atoms with E-state index >= 15 is 0 Å². The van der Waals surface area contributed by atoms with Gasteiger partial charge in [-0.05, 0) is 35.4 Å². The van der Waals surface area contributed by atoms with Crippen molar-refractivity contribution in [1.82, 2.24) is 9.97 Å². The molecule has 0 aliphatic carbocycles. The number of hydrogen-bond donors (Lipinski definition) is 1. The van der Waals surface area contributed by atoms with Crippen LogP contribution in [0.15, 0.2) is 85.3 Å². The van der Waals surface area contributed by atoms with Crippen LogP contribution in [0.2, 0.25) is 0 Å². The highest BCUT2D eigenvalue weighted by Crippen LogP contribution is 2.36. The molecular formula is C23H17FN2O2. The van der Waals surface area contributed by atoms with Crippen LogP contribution in [0.4, 0.5) is 4.39 Å².